The maximum Gasteiger partial charge on any atom is 0.270 e. The first-order valence-corrected chi connectivity index (χ1v) is 8.09. The lowest BCUT2D eigenvalue weighted by Gasteiger charge is -2.03. The van der Waals surface area contributed by atoms with Crippen molar-refractivity contribution in [2.75, 3.05) is 0 Å². The van der Waals surface area contributed by atoms with Gasteiger partial charge in [-0.3, -0.25) is 9.20 Å². The van der Waals surface area contributed by atoms with E-state index in [2.05, 4.69) is 25.4 Å². The number of carbonyl (C=O) groups excluding carboxylic acids is 1. The number of aromatic nitrogens is 5. The number of amides is 1. The van der Waals surface area contributed by atoms with E-state index in [1.54, 1.807) is 29.8 Å². The molecule has 0 fully saturated rings. The molecule has 1 aromatic carbocycles. The lowest BCUT2D eigenvalue weighted by molar-refractivity contribution is 0.0939. The highest BCUT2D eigenvalue weighted by Crippen LogP contribution is 2.17. The Labute approximate surface area is 148 Å². The minimum Gasteiger partial charge on any atom is -0.342 e. The number of aryl methyl sites for hydroxylation is 2. The highest BCUT2D eigenvalue weighted by atomic mass is 16.5. The van der Waals surface area contributed by atoms with Gasteiger partial charge in [-0.25, -0.2) is 9.97 Å². The normalized spacial score (nSPS) is 11.0. The van der Waals surface area contributed by atoms with Gasteiger partial charge in [0.1, 0.15) is 5.69 Å². The molecule has 0 saturated carbocycles. The van der Waals surface area contributed by atoms with Gasteiger partial charge in [0.2, 0.25) is 17.5 Å². The Kier molecular flexibility index (Phi) is 3.92. The number of hydrogen-bond donors (Lipinski definition) is 1. The molecular formula is C18H16N6O2. The van der Waals surface area contributed by atoms with Crippen LogP contribution in [0.15, 0.2) is 47.2 Å². The second kappa shape index (κ2) is 6.40. The van der Waals surface area contributed by atoms with Crippen LogP contribution < -0.4 is 5.32 Å². The number of carbonyl (C=O) groups is 1. The average molecular weight is 348 g/mol. The first kappa shape index (κ1) is 15.9. The van der Waals surface area contributed by atoms with Crippen LogP contribution in [0.4, 0.5) is 0 Å². The smallest absolute Gasteiger partial charge is 0.270 e. The summed E-state index contributed by atoms with van der Waals surface area (Å²) in [6.07, 6.45) is 3.38. The van der Waals surface area contributed by atoms with Crippen molar-refractivity contribution in [2.45, 2.75) is 20.4 Å². The van der Waals surface area contributed by atoms with E-state index in [4.69, 9.17) is 4.52 Å². The number of rotatable bonds is 4. The fraction of sp³-hybridized carbons (Fsp3) is 0.167. The standard InChI is InChI=1S/C18H16N6O2/c1-11-5-3-6-13(9-11)16-22-14(26-23-16)10-20-17(25)15-12(2)21-18-19-7-4-8-24(15)18/h3-9H,10H2,1-2H3,(H,20,25). The lowest BCUT2D eigenvalue weighted by atomic mass is 10.1. The molecule has 0 aliphatic heterocycles. The second-order valence-corrected chi connectivity index (χ2v) is 5.90. The third-order valence-electron chi connectivity index (χ3n) is 3.94. The van der Waals surface area contributed by atoms with Gasteiger partial charge in [0.25, 0.3) is 5.91 Å². The Balaban J connectivity index is 1.51. The number of nitrogens with zero attached hydrogens (tertiary/aromatic N) is 5. The number of nitrogens with one attached hydrogen (secondary N) is 1. The summed E-state index contributed by atoms with van der Waals surface area (Å²) in [7, 11) is 0. The Morgan fingerprint density at radius 3 is 2.96 bits per heavy atom. The van der Waals surface area contributed by atoms with E-state index in [0.717, 1.165) is 11.1 Å². The first-order valence-electron chi connectivity index (χ1n) is 8.09. The van der Waals surface area contributed by atoms with Crippen molar-refractivity contribution in [1.29, 1.82) is 0 Å². The van der Waals surface area contributed by atoms with Gasteiger partial charge in [-0.15, -0.1) is 0 Å². The van der Waals surface area contributed by atoms with E-state index in [1.165, 1.54) is 0 Å². The molecule has 4 aromatic rings. The van der Waals surface area contributed by atoms with Crippen molar-refractivity contribution in [2.24, 2.45) is 0 Å². The summed E-state index contributed by atoms with van der Waals surface area (Å²) in [5.41, 5.74) is 3.02. The van der Waals surface area contributed by atoms with Crippen molar-refractivity contribution in [3.05, 3.63) is 65.6 Å². The SMILES string of the molecule is Cc1cccc(-c2noc(CNC(=O)c3c(C)nc4ncccn34)n2)c1. The van der Waals surface area contributed by atoms with Gasteiger partial charge in [-0.05, 0) is 26.0 Å². The highest BCUT2D eigenvalue weighted by molar-refractivity contribution is 5.94. The summed E-state index contributed by atoms with van der Waals surface area (Å²) in [4.78, 5) is 25.3. The van der Waals surface area contributed by atoms with Crippen LogP contribution in [-0.4, -0.2) is 30.4 Å². The Hall–Kier alpha value is -3.55. The van der Waals surface area contributed by atoms with Gasteiger partial charge < -0.3 is 9.84 Å². The first-order chi connectivity index (χ1) is 12.6. The quantitative estimate of drug-likeness (QED) is 0.608. The molecular weight excluding hydrogens is 332 g/mol. The maximum absolute atomic E-state index is 12.5. The van der Waals surface area contributed by atoms with Crippen molar-refractivity contribution in [1.82, 2.24) is 29.8 Å². The van der Waals surface area contributed by atoms with Gasteiger partial charge >= 0.3 is 0 Å². The molecule has 0 bridgehead atoms. The molecule has 8 heteroatoms. The fourth-order valence-corrected chi connectivity index (χ4v) is 2.74. The molecule has 0 spiro atoms. The van der Waals surface area contributed by atoms with Crippen molar-refractivity contribution >= 4 is 11.7 Å². The minimum absolute atomic E-state index is 0.130. The van der Waals surface area contributed by atoms with E-state index in [-0.39, 0.29) is 12.5 Å². The van der Waals surface area contributed by atoms with Crippen molar-refractivity contribution < 1.29 is 9.32 Å². The molecule has 0 atom stereocenters. The number of fused-ring (bicyclic) bond motifs is 1. The summed E-state index contributed by atoms with van der Waals surface area (Å²) in [5, 5.41) is 6.76. The molecule has 130 valence electrons. The van der Waals surface area contributed by atoms with Crippen LogP contribution in [0.25, 0.3) is 17.2 Å². The van der Waals surface area contributed by atoms with Gasteiger partial charge in [-0.2, -0.15) is 4.98 Å². The molecule has 3 aromatic heterocycles. The van der Waals surface area contributed by atoms with Crippen LogP contribution >= 0.6 is 0 Å². The van der Waals surface area contributed by atoms with Gasteiger partial charge in [-0.1, -0.05) is 28.9 Å². The zero-order valence-electron chi connectivity index (χ0n) is 14.3. The monoisotopic (exact) mass is 348 g/mol. The van der Waals surface area contributed by atoms with E-state index in [9.17, 15) is 4.79 Å². The van der Waals surface area contributed by atoms with E-state index in [1.807, 2.05) is 31.2 Å². The molecule has 0 unspecified atom stereocenters. The van der Waals surface area contributed by atoms with Crippen LogP contribution in [0.5, 0.6) is 0 Å². The molecule has 3 heterocycles. The van der Waals surface area contributed by atoms with Crippen LogP contribution in [0.2, 0.25) is 0 Å². The lowest BCUT2D eigenvalue weighted by Crippen LogP contribution is -2.25. The number of benzene rings is 1. The topological polar surface area (TPSA) is 98.2 Å². The minimum atomic E-state index is -0.279. The second-order valence-electron chi connectivity index (χ2n) is 5.90. The molecule has 0 aliphatic rings. The van der Waals surface area contributed by atoms with Gasteiger partial charge in [0.15, 0.2) is 0 Å². The molecule has 26 heavy (non-hydrogen) atoms. The van der Waals surface area contributed by atoms with E-state index < -0.39 is 0 Å². The highest BCUT2D eigenvalue weighted by Gasteiger charge is 2.18. The fourth-order valence-electron chi connectivity index (χ4n) is 2.74. The Morgan fingerprint density at radius 2 is 2.12 bits per heavy atom. The molecule has 0 radical (unpaired) electrons. The molecule has 1 amide bonds. The third-order valence-corrected chi connectivity index (χ3v) is 3.94. The molecule has 1 N–H and O–H groups in total. The Bertz CT molecular complexity index is 1100. The zero-order valence-corrected chi connectivity index (χ0v) is 14.3. The van der Waals surface area contributed by atoms with Crippen LogP contribution in [-0.2, 0) is 6.54 Å². The number of imidazole rings is 1. The van der Waals surface area contributed by atoms with Crippen LogP contribution in [0.3, 0.4) is 0 Å². The molecule has 8 nitrogen and oxygen atoms in total. The van der Waals surface area contributed by atoms with Crippen molar-refractivity contribution in [3.63, 3.8) is 0 Å². The maximum atomic E-state index is 12.5. The van der Waals surface area contributed by atoms with Gasteiger partial charge in [0, 0.05) is 18.0 Å². The summed E-state index contributed by atoms with van der Waals surface area (Å²) in [6.45, 7) is 3.90. The van der Waals surface area contributed by atoms with E-state index >= 15 is 0 Å². The third kappa shape index (κ3) is 2.92. The Morgan fingerprint density at radius 1 is 1.23 bits per heavy atom. The summed E-state index contributed by atoms with van der Waals surface area (Å²) >= 11 is 0. The predicted octanol–water partition coefficient (Wildman–Crippen LogP) is 2.33. The van der Waals surface area contributed by atoms with E-state index in [0.29, 0.717) is 28.9 Å². The van der Waals surface area contributed by atoms with Crippen LogP contribution in [0, 0.1) is 13.8 Å². The number of hydrogen-bond acceptors (Lipinski definition) is 6. The molecule has 0 aliphatic carbocycles. The molecule has 0 saturated heterocycles. The van der Waals surface area contributed by atoms with Crippen LogP contribution in [0.1, 0.15) is 27.6 Å². The largest absolute Gasteiger partial charge is 0.342 e. The predicted molar refractivity (Wildman–Crippen MR) is 93.4 cm³/mol. The summed E-state index contributed by atoms with van der Waals surface area (Å²) < 4.78 is 6.88. The van der Waals surface area contributed by atoms with Gasteiger partial charge in [0.05, 0.1) is 12.2 Å². The van der Waals surface area contributed by atoms with Crippen molar-refractivity contribution in [3.8, 4) is 11.4 Å². The summed E-state index contributed by atoms with van der Waals surface area (Å²) in [5.74, 6) is 1.03. The molecule has 4 rings (SSSR count). The average Bonchev–Trinajstić information content (AvgIpc) is 3.23. The summed E-state index contributed by atoms with van der Waals surface area (Å²) in [6, 6.07) is 9.57. The zero-order chi connectivity index (χ0) is 18.1.